The summed E-state index contributed by atoms with van der Waals surface area (Å²) < 4.78 is 20.7. The molecule has 5 rings (SSSR count). The van der Waals surface area contributed by atoms with E-state index in [1.165, 1.54) is 46.6 Å². The third-order valence-corrected chi connectivity index (χ3v) is 7.98. The van der Waals surface area contributed by atoms with Crippen LogP contribution in [-0.2, 0) is 14.3 Å². The van der Waals surface area contributed by atoms with Gasteiger partial charge in [-0.25, -0.2) is 19.4 Å². The number of thiazole rings is 1. The molecule has 0 saturated carbocycles. The van der Waals surface area contributed by atoms with E-state index in [1.54, 1.807) is 32.0 Å². The molecule has 4 aromatic rings. The molecule has 0 bridgehead atoms. The second kappa shape index (κ2) is 14.0. The average molecular weight is 645 g/mol. The van der Waals surface area contributed by atoms with E-state index in [-0.39, 0.29) is 42.3 Å². The van der Waals surface area contributed by atoms with E-state index in [0.29, 0.717) is 10.4 Å². The molecule has 12 nitrogen and oxygen atoms in total. The topological polar surface area (TPSA) is 148 Å². The number of amides is 3. The summed E-state index contributed by atoms with van der Waals surface area (Å²) in [5.41, 5.74) is 5.24. The van der Waals surface area contributed by atoms with Gasteiger partial charge in [0.1, 0.15) is 5.82 Å². The van der Waals surface area contributed by atoms with Crippen LogP contribution in [0.25, 0.3) is 16.9 Å². The van der Waals surface area contributed by atoms with Gasteiger partial charge in [0.15, 0.2) is 0 Å². The molecule has 0 fully saturated rings. The number of urea groups is 1. The fraction of sp³-hybridized carbons (Fsp3) is 0.188. The number of nitro benzene ring substituents is 1. The van der Waals surface area contributed by atoms with E-state index >= 15 is 0 Å². The first-order valence-corrected chi connectivity index (χ1v) is 15.1. The maximum Gasteiger partial charge on any atom is 0.338 e. The van der Waals surface area contributed by atoms with Gasteiger partial charge in [0.25, 0.3) is 5.69 Å². The highest BCUT2D eigenvalue weighted by Crippen LogP contribution is 2.35. The van der Waals surface area contributed by atoms with Crippen LogP contribution in [0.5, 0.6) is 0 Å². The zero-order chi connectivity index (χ0) is 32.8. The summed E-state index contributed by atoms with van der Waals surface area (Å²) in [6.07, 6.45) is -0.209. The number of aromatic nitrogens is 1. The quantitative estimate of drug-likeness (QED) is 0.138. The summed E-state index contributed by atoms with van der Waals surface area (Å²) >= 11 is 1.27. The number of nitro groups is 1. The fourth-order valence-electron chi connectivity index (χ4n) is 5.06. The predicted octanol–water partition coefficient (Wildman–Crippen LogP) is 5.18. The lowest BCUT2D eigenvalue weighted by molar-refractivity contribution is -0.384. The van der Waals surface area contributed by atoms with Gasteiger partial charge in [0.05, 0.1) is 28.8 Å². The lowest BCUT2D eigenvalue weighted by Gasteiger charge is -2.37. The van der Waals surface area contributed by atoms with Gasteiger partial charge in [-0.05, 0) is 61.4 Å². The number of ether oxygens (including phenoxy) is 1. The average Bonchev–Trinajstić information content (AvgIpc) is 3.47. The van der Waals surface area contributed by atoms with Crippen molar-refractivity contribution in [2.75, 3.05) is 13.2 Å². The van der Waals surface area contributed by atoms with Crippen molar-refractivity contribution >= 4 is 34.9 Å². The third-order valence-electron chi connectivity index (χ3n) is 7.16. The maximum absolute atomic E-state index is 13.6. The first-order valence-electron chi connectivity index (χ1n) is 14.2. The molecule has 1 aliphatic rings. The minimum absolute atomic E-state index is 0.0731. The number of non-ortho nitro benzene ring substituents is 1. The molecule has 2 N–H and O–H groups in total. The molecule has 46 heavy (non-hydrogen) atoms. The molecule has 0 aliphatic carbocycles. The standard InChI is InChI=1S/C32H29FN6O6S/c1-3-45-30(41)28-20(2)34-31(42)37(29(28)22-8-7-11-25(18-22)39(43)44)17-16-27(40)35-36-32-38(24-9-5-4-6-10-24)26(19-46-32)21-12-14-23(33)15-13-21/h4-15,18-19,29H,3,16-17H2,1-2H3,(H,34,42)(H,35,40)/b36-32-. The van der Waals surface area contributed by atoms with Crippen LogP contribution in [0.3, 0.4) is 0 Å². The fourth-order valence-corrected chi connectivity index (χ4v) is 5.93. The number of hydrogen-bond donors (Lipinski definition) is 2. The number of rotatable bonds is 10. The lowest BCUT2D eigenvalue weighted by Crippen LogP contribution is -2.49. The molecule has 1 aliphatic heterocycles. The maximum atomic E-state index is 13.6. The van der Waals surface area contributed by atoms with Crippen molar-refractivity contribution in [1.82, 2.24) is 20.2 Å². The van der Waals surface area contributed by atoms with Gasteiger partial charge in [-0.3, -0.25) is 19.5 Å². The number of benzene rings is 3. The van der Waals surface area contributed by atoms with Gasteiger partial charge in [-0.15, -0.1) is 16.4 Å². The Balaban J connectivity index is 1.42. The Labute approximate surface area is 266 Å². The molecule has 1 aromatic heterocycles. The Kier molecular flexibility index (Phi) is 9.67. The number of carbonyl (C=O) groups excluding carboxylic acids is 3. The molecule has 1 atom stereocenters. The van der Waals surface area contributed by atoms with Crippen molar-refractivity contribution in [3.05, 3.63) is 122 Å². The summed E-state index contributed by atoms with van der Waals surface area (Å²) in [5.74, 6) is -1.58. The normalized spacial score (nSPS) is 15.0. The van der Waals surface area contributed by atoms with Gasteiger partial charge < -0.3 is 15.0 Å². The summed E-state index contributed by atoms with van der Waals surface area (Å²) in [7, 11) is 0. The van der Waals surface area contributed by atoms with Crippen molar-refractivity contribution in [2.24, 2.45) is 5.10 Å². The van der Waals surface area contributed by atoms with Gasteiger partial charge >= 0.3 is 12.0 Å². The summed E-state index contributed by atoms with van der Waals surface area (Å²) in [5, 5.41) is 20.3. The lowest BCUT2D eigenvalue weighted by atomic mass is 9.93. The zero-order valence-corrected chi connectivity index (χ0v) is 25.6. The van der Waals surface area contributed by atoms with Crippen LogP contribution >= 0.6 is 11.3 Å². The molecule has 236 valence electrons. The minimum atomic E-state index is -1.05. The first kappa shape index (κ1) is 31.8. The number of allylic oxidation sites excluding steroid dienone is 1. The number of para-hydroxylation sites is 1. The van der Waals surface area contributed by atoms with Gasteiger partial charge in [-0.1, -0.05) is 30.3 Å². The number of halogens is 1. The van der Waals surface area contributed by atoms with Crippen LogP contribution in [0.1, 0.15) is 31.9 Å². The van der Waals surface area contributed by atoms with Gasteiger partial charge in [0.2, 0.25) is 10.7 Å². The Morgan fingerprint density at radius 2 is 1.85 bits per heavy atom. The summed E-state index contributed by atoms with van der Waals surface area (Å²) in [4.78, 5) is 52.0. The first-order chi connectivity index (χ1) is 22.2. The van der Waals surface area contributed by atoms with Crippen molar-refractivity contribution in [1.29, 1.82) is 0 Å². The molecule has 3 aromatic carbocycles. The van der Waals surface area contributed by atoms with Crippen LogP contribution in [0.15, 0.2) is 101 Å². The number of nitrogens with one attached hydrogen (secondary N) is 2. The van der Waals surface area contributed by atoms with Crippen LogP contribution in [0.2, 0.25) is 0 Å². The van der Waals surface area contributed by atoms with E-state index in [9.17, 15) is 28.9 Å². The molecule has 0 radical (unpaired) electrons. The highest BCUT2D eigenvalue weighted by molar-refractivity contribution is 7.07. The second-order valence-corrected chi connectivity index (χ2v) is 11.0. The van der Waals surface area contributed by atoms with E-state index in [1.807, 2.05) is 40.3 Å². The van der Waals surface area contributed by atoms with Crippen LogP contribution < -0.4 is 15.5 Å². The smallest absolute Gasteiger partial charge is 0.338 e. The Morgan fingerprint density at radius 1 is 1.11 bits per heavy atom. The molecule has 2 heterocycles. The number of esters is 1. The van der Waals surface area contributed by atoms with Crippen molar-refractivity contribution in [3.8, 4) is 16.9 Å². The van der Waals surface area contributed by atoms with Crippen LogP contribution in [0, 0.1) is 15.9 Å². The van der Waals surface area contributed by atoms with E-state index in [4.69, 9.17) is 4.74 Å². The molecule has 3 amide bonds. The molecule has 1 unspecified atom stereocenters. The Morgan fingerprint density at radius 3 is 2.54 bits per heavy atom. The zero-order valence-electron chi connectivity index (χ0n) is 24.8. The second-order valence-electron chi connectivity index (χ2n) is 10.1. The van der Waals surface area contributed by atoms with E-state index < -0.39 is 28.9 Å². The van der Waals surface area contributed by atoms with Crippen molar-refractivity contribution in [2.45, 2.75) is 26.3 Å². The monoisotopic (exact) mass is 644 g/mol. The molecule has 0 saturated heterocycles. The van der Waals surface area contributed by atoms with Crippen LogP contribution in [0.4, 0.5) is 14.9 Å². The van der Waals surface area contributed by atoms with Crippen molar-refractivity contribution < 1.29 is 28.4 Å². The number of carbonyl (C=O) groups is 3. The molecular weight excluding hydrogens is 615 g/mol. The van der Waals surface area contributed by atoms with Gasteiger partial charge in [-0.2, -0.15) is 0 Å². The molecule has 0 spiro atoms. The number of hydrogen-bond acceptors (Lipinski definition) is 8. The molecule has 14 heteroatoms. The highest BCUT2D eigenvalue weighted by Gasteiger charge is 2.39. The third kappa shape index (κ3) is 6.86. The highest BCUT2D eigenvalue weighted by atomic mass is 32.1. The number of nitrogens with zero attached hydrogens (tertiary/aromatic N) is 4. The Bertz CT molecular complexity index is 1890. The van der Waals surface area contributed by atoms with E-state index in [2.05, 4.69) is 15.8 Å². The predicted molar refractivity (Wildman–Crippen MR) is 168 cm³/mol. The van der Waals surface area contributed by atoms with Crippen molar-refractivity contribution in [3.63, 3.8) is 0 Å². The molecular formula is C32H29FN6O6S. The van der Waals surface area contributed by atoms with E-state index in [0.717, 1.165) is 16.9 Å². The summed E-state index contributed by atoms with van der Waals surface area (Å²) in [6, 6.07) is 19.4. The van der Waals surface area contributed by atoms with Gasteiger partial charge in [0, 0.05) is 41.9 Å². The largest absolute Gasteiger partial charge is 0.463 e. The SMILES string of the molecule is CCOC(=O)C1=C(C)NC(=O)N(CCC(=O)N/N=c2\scc(-c3ccc(F)cc3)n2-c2ccccc2)C1c1cccc([N+](=O)[O-])c1. The van der Waals surface area contributed by atoms with Crippen LogP contribution in [-0.4, -0.2) is 45.4 Å². The summed E-state index contributed by atoms with van der Waals surface area (Å²) in [6.45, 7) is 3.10. The minimum Gasteiger partial charge on any atom is -0.463 e. The Hall–Kier alpha value is -5.63.